The van der Waals surface area contributed by atoms with E-state index in [1.54, 1.807) is 19.3 Å². The van der Waals surface area contributed by atoms with Gasteiger partial charge in [0.05, 0.1) is 18.8 Å². The van der Waals surface area contributed by atoms with Gasteiger partial charge in [-0.1, -0.05) is 6.58 Å². The van der Waals surface area contributed by atoms with E-state index in [9.17, 15) is 4.79 Å². The Hall–Kier alpha value is -2.11. The van der Waals surface area contributed by atoms with E-state index >= 15 is 0 Å². The van der Waals surface area contributed by atoms with Gasteiger partial charge in [0.25, 0.3) is 0 Å². The van der Waals surface area contributed by atoms with Gasteiger partial charge in [0.1, 0.15) is 5.60 Å². The van der Waals surface area contributed by atoms with E-state index in [2.05, 4.69) is 16.5 Å². The second-order valence-corrected chi connectivity index (χ2v) is 5.56. The molecule has 0 bridgehead atoms. The fraction of sp³-hybridized carbons (Fsp3) is 0.533. The van der Waals surface area contributed by atoms with E-state index in [4.69, 9.17) is 9.47 Å². The molecule has 0 aliphatic carbocycles. The van der Waals surface area contributed by atoms with Crippen LogP contribution in [0.25, 0.3) is 5.76 Å². The summed E-state index contributed by atoms with van der Waals surface area (Å²) in [5.41, 5.74) is 0.167. The molecule has 6 heteroatoms. The van der Waals surface area contributed by atoms with Gasteiger partial charge in [0, 0.05) is 13.2 Å². The van der Waals surface area contributed by atoms with Crippen LogP contribution in [0.1, 0.15) is 39.2 Å². The lowest BCUT2D eigenvalue weighted by Gasteiger charge is -2.24. The van der Waals surface area contributed by atoms with Crippen LogP contribution in [0.2, 0.25) is 0 Å². The first-order valence-electron chi connectivity index (χ1n) is 6.81. The maximum absolute atomic E-state index is 11.9. The summed E-state index contributed by atoms with van der Waals surface area (Å²) in [4.78, 5) is 21.8. The van der Waals surface area contributed by atoms with Crippen molar-refractivity contribution in [2.75, 3.05) is 13.7 Å². The number of amides is 1. The molecule has 0 aliphatic rings. The normalized spacial score (nSPS) is 10.9. The molecule has 0 radical (unpaired) electrons. The molecule has 0 aliphatic heterocycles. The van der Waals surface area contributed by atoms with Crippen LogP contribution in [0.4, 0.5) is 4.79 Å². The Morgan fingerprint density at radius 2 is 2.10 bits per heavy atom. The minimum absolute atomic E-state index is 0.323. The van der Waals surface area contributed by atoms with Gasteiger partial charge < -0.3 is 14.4 Å². The van der Waals surface area contributed by atoms with Crippen molar-refractivity contribution < 1.29 is 14.3 Å². The Morgan fingerprint density at radius 1 is 1.43 bits per heavy atom. The van der Waals surface area contributed by atoms with Gasteiger partial charge in [-0.3, -0.25) is 0 Å². The largest absolute Gasteiger partial charge is 0.491 e. The van der Waals surface area contributed by atoms with Crippen LogP contribution in [0.5, 0.6) is 0 Å². The van der Waals surface area contributed by atoms with E-state index in [-0.39, 0.29) is 0 Å². The van der Waals surface area contributed by atoms with Gasteiger partial charge in [-0.15, -0.1) is 0 Å². The van der Waals surface area contributed by atoms with Gasteiger partial charge >= 0.3 is 6.09 Å². The predicted molar refractivity (Wildman–Crippen MR) is 80.4 cm³/mol. The number of rotatable bonds is 5. The summed E-state index contributed by atoms with van der Waals surface area (Å²) >= 11 is 0. The van der Waals surface area contributed by atoms with Crippen molar-refractivity contribution in [3.8, 4) is 0 Å². The lowest BCUT2D eigenvalue weighted by atomic mass is 10.2. The smallest absolute Gasteiger partial charge is 0.410 e. The molecule has 0 saturated carbocycles. The molecule has 0 spiro atoms. The fourth-order valence-corrected chi connectivity index (χ4v) is 1.50. The molecule has 1 rings (SSSR count). The lowest BCUT2D eigenvalue weighted by Crippen LogP contribution is -2.34. The highest BCUT2D eigenvalue weighted by atomic mass is 16.6. The summed E-state index contributed by atoms with van der Waals surface area (Å²) in [6.07, 6.45) is 1.22. The second-order valence-electron chi connectivity index (χ2n) is 5.56. The van der Waals surface area contributed by atoms with Crippen LogP contribution in [-0.2, 0) is 16.0 Å². The maximum Gasteiger partial charge on any atom is 0.410 e. The molecule has 1 amide bonds. The fourth-order valence-electron chi connectivity index (χ4n) is 1.50. The first-order valence-corrected chi connectivity index (χ1v) is 6.81. The van der Waals surface area contributed by atoms with E-state index in [1.807, 2.05) is 27.7 Å². The van der Waals surface area contributed by atoms with Crippen molar-refractivity contribution in [3.05, 3.63) is 30.4 Å². The Morgan fingerprint density at radius 3 is 2.67 bits per heavy atom. The zero-order valence-corrected chi connectivity index (χ0v) is 13.3. The monoisotopic (exact) mass is 293 g/mol. The number of aromatic nitrogens is 2. The Balaban J connectivity index is 2.72. The minimum atomic E-state index is -0.522. The molecule has 1 heterocycles. The molecular formula is C15H23N3O3. The minimum Gasteiger partial charge on any atom is -0.491 e. The van der Waals surface area contributed by atoms with Gasteiger partial charge in [0.15, 0.2) is 11.6 Å². The summed E-state index contributed by atoms with van der Waals surface area (Å²) in [5, 5.41) is 0. The van der Waals surface area contributed by atoms with E-state index < -0.39 is 11.7 Å². The third kappa shape index (κ3) is 5.81. The molecule has 0 fully saturated rings. The molecular weight excluding hydrogens is 270 g/mol. The third-order valence-electron chi connectivity index (χ3n) is 2.39. The average molecular weight is 293 g/mol. The van der Waals surface area contributed by atoms with Crippen LogP contribution < -0.4 is 0 Å². The molecule has 0 saturated heterocycles. The SMILES string of the molecule is C=C(OCC)c1nccc(CN(C)C(=O)OC(C)(C)C)n1. The van der Waals surface area contributed by atoms with Crippen molar-refractivity contribution >= 4 is 11.9 Å². The number of carbonyl (C=O) groups is 1. The van der Waals surface area contributed by atoms with E-state index in [1.165, 1.54) is 4.90 Å². The lowest BCUT2D eigenvalue weighted by molar-refractivity contribution is 0.0283. The topological polar surface area (TPSA) is 64.5 Å². The Bertz CT molecular complexity index is 509. The molecule has 21 heavy (non-hydrogen) atoms. The van der Waals surface area contributed by atoms with Crippen LogP contribution in [0.3, 0.4) is 0 Å². The van der Waals surface area contributed by atoms with Gasteiger partial charge in [0.2, 0.25) is 0 Å². The van der Waals surface area contributed by atoms with Crippen molar-refractivity contribution in [1.82, 2.24) is 14.9 Å². The molecule has 1 aromatic heterocycles. The summed E-state index contributed by atoms with van der Waals surface area (Å²) in [7, 11) is 1.66. The summed E-state index contributed by atoms with van der Waals surface area (Å²) in [6.45, 7) is 11.9. The van der Waals surface area contributed by atoms with Crippen molar-refractivity contribution in [2.24, 2.45) is 0 Å². The van der Waals surface area contributed by atoms with Crippen LogP contribution in [-0.4, -0.2) is 40.2 Å². The van der Waals surface area contributed by atoms with E-state index in [0.29, 0.717) is 30.4 Å². The van der Waals surface area contributed by atoms with Gasteiger partial charge in [-0.05, 0) is 33.8 Å². The molecule has 0 atom stereocenters. The van der Waals surface area contributed by atoms with E-state index in [0.717, 1.165) is 0 Å². The second kappa shape index (κ2) is 7.06. The quantitative estimate of drug-likeness (QED) is 0.781. The molecule has 0 aromatic carbocycles. The highest BCUT2D eigenvalue weighted by Crippen LogP contribution is 2.12. The highest BCUT2D eigenvalue weighted by Gasteiger charge is 2.20. The van der Waals surface area contributed by atoms with Gasteiger partial charge in [-0.25, -0.2) is 14.8 Å². The number of hydrogen-bond donors (Lipinski definition) is 0. The van der Waals surface area contributed by atoms with Crippen molar-refractivity contribution in [3.63, 3.8) is 0 Å². The molecule has 0 N–H and O–H groups in total. The summed E-state index contributed by atoms with van der Waals surface area (Å²) in [6, 6.07) is 1.74. The van der Waals surface area contributed by atoms with Crippen molar-refractivity contribution in [1.29, 1.82) is 0 Å². The molecule has 0 unspecified atom stereocenters. The molecule has 6 nitrogen and oxygen atoms in total. The number of carbonyl (C=O) groups excluding carboxylic acids is 1. The van der Waals surface area contributed by atoms with Crippen LogP contribution in [0, 0.1) is 0 Å². The maximum atomic E-state index is 11.9. The summed E-state index contributed by atoms with van der Waals surface area (Å²) < 4.78 is 10.6. The predicted octanol–water partition coefficient (Wildman–Crippen LogP) is 2.85. The zero-order valence-electron chi connectivity index (χ0n) is 13.3. The number of nitrogens with zero attached hydrogens (tertiary/aromatic N) is 3. The molecule has 1 aromatic rings. The first kappa shape index (κ1) is 16.9. The first-order chi connectivity index (χ1) is 9.73. The number of hydrogen-bond acceptors (Lipinski definition) is 5. The standard InChI is InChI=1S/C15H23N3O3/c1-7-20-11(2)13-16-9-8-12(17-13)10-18(6)14(19)21-15(3,4)5/h8-9H,2,7,10H2,1,3-6H3. The zero-order chi connectivity index (χ0) is 16.0. The number of ether oxygens (including phenoxy) is 2. The third-order valence-corrected chi connectivity index (χ3v) is 2.39. The average Bonchev–Trinajstić information content (AvgIpc) is 2.37. The van der Waals surface area contributed by atoms with Crippen LogP contribution >= 0.6 is 0 Å². The Kier molecular flexibility index (Phi) is 5.69. The summed E-state index contributed by atoms with van der Waals surface area (Å²) in [5.74, 6) is 0.839. The van der Waals surface area contributed by atoms with Gasteiger partial charge in [-0.2, -0.15) is 0 Å². The van der Waals surface area contributed by atoms with Crippen molar-refractivity contribution in [2.45, 2.75) is 39.8 Å². The highest BCUT2D eigenvalue weighted by molar-refractivity contribution is 5.67. The van der Waals surface area contributed by atoms with Crippen LogP contribution in [0.15, 0.2) is 18.8 Å². The Labute approximate surface area is 125 Å². The molecule has 116 valence electrons.